The average molecular weight is 416 g/mol. The molecule has 1 aromatic heterocycles. The Morgan fingerprint density at radius 3 is 2.31 bits per heavy atom. The van der Waals surface area contributed by atoms with Crippen LogP contribution in [0.1, 0.15) is 49.0 Å². The third-order valence-corrected chi connectivity index (χ3v) is 6.99. The van der Waals surface area contributed by atoms with Crippen molar-refractivity contribution in [1.29, 1.82) is 0 Å². The number of rotatable bonds is 7. The van der Waals surface area contributed by atoms with Gasteiger partial charge in [0.1, 0.15) is 5.25 Å². The summed E-state index contributed by atoms with van der Waals surface area (Å²) < 4.78 is 26.6. The molecule has 154 valence electrons. The minimum atomic E-state index is -3.82. The van der Waals surface area contributed by atoms with Crippen LogP contribution in [0.15, 0.2) is 53.7 Å². The van der Waals surface area contributed by atoms with Crippen LogP contribution in [0, 0.1) is 0 Å². The predicted molar refractivity (Wildman–Crippen MR) is 109 cm³/mol. The topological polar surface area (TPSA) is 105 Å². The van der Waals surface area contributed by atoms with E-state index in [9.17, 15) is 18.0 Å². The van der Waals surface area contributed by atoms with E-state index < -0.39 is 26.9 Å². The minimum Gasteiger partial charge on any atom is -0.346 e. The van der Waals surface area contributed by atoms with Crippen LogP contribution < -0.4 is 10.6 Å². The van der Waals surface area contributed by atoms with E-state index in [-0.39, 0.29) is 23.4 Å². The van der Waals surface area contributed by atoms with Crippen molar-refractivity contribution in [2.24, 2.45) is 0 Å². The fourth-order valence-corrected chi connectivity index (χ4v) is 4.57. The smallest absolute Gasteiger partial charge is 0.309 e. The molecule has 0 aliphatic heterocycles. The van der Waals surface area contributed by atoms with E-state index in [1.807, 2.05) is 13.8 Å². The van der Waals surface area contributed by atoms with Crippen LogP contribution >= 0.6 is 0 Å². The van der Waals surface area contributed by atoms with E-state index in [4.69, 9.17) is 0 Å². The molecule has 1 aliphatic rings. The first-order valence-electron chi connectivity index (χ1n) is 9.61. The van der Waals surface area contributed by atoms with Gasteiger partial charge in [-0.3, -0.25) is 14.6 Å². The van der Waals surface area contributed by atoms with Crippen molar-refractivity contribution in [3.63, 3.8) is 0 Å². The molecule has 8 heteroatoms. The number of hydrogen-bond acceptors (Lipinski definition) is 5. The number of pyridine rings is 1. The van der Waals surface area contributed by atoms with E-state index in [1.54, 1.807) is 42.6 Å². The molecule has 1 heterocycles. The van der Waals surface area contributed by atoms with Crippen molar-refractivity contribution >= 4 is 21.7 Å². The SMILES string of the molecule is CC(C)c1ccc(S(=O)(=O)[C@H](CNC(=O)C(=O)NC2CC2)c2cccnc2)cc1. The van der Waals surface area contributed by atoms with Gasteiger partial charge >= 0.3 is 11.8 Å². The van der Waals surface area contributed by atoms with Crippen LogP contribution in [0.2, 0.25) is 0 Å². The van der Waals surface area contributed by atoms with Crippen LogP contribution in [-0.4, -0.2) is 37.8 Å². The van der Waals surface area contributed by atoms with Gasteiger partial charge in [0.2, 0.25) is 0 Å². The van der Waals surface area contributed by atoms with Crippen molar-refractivity contribution in [3.05, 3.63) is 59.9 Å². The van der Waals surface area contributed by atoms with Gasteiger partial charge in [0, 0.05) is 25.0 Å². The van der Waals surface area contributed by atoms with Gasteiger partial charge in [-0.05, 0) is 48.1 Å². The quantitative estimate of drug-likeness (QED) is 0.674. The van der Waals surface area contributed by atoms with Gasteiger partial charge in [-0.15, -0.1) is 0 Å². The highest BCUT2D eigenvalue weighted by Crippen LogP contribution is 2.29. The lowest BCUT2D eigenvalue weighted by Crippen LogP contribution is -2.43. The molecular formula is C21H25N3O4S. The Balaban J connectivity index is 1.82. The maximum Gasteiger partial charge on any atom is 0.309 e. The van der Waals surface area contributed by atoms with E-state index in [2.05, 4.69) is 15.6 Å². The Labute approximate surface area is 170 Å². The highest BCUT2D eigenvalue weighted by molar-refractivity contribution is 7.91. The molecule has 0 radical (unpaired) electrons. The van der Waals surface area contributed by atoms with Gasteiger partial charge in [-0.2, -0.15) is 0 Å². The summed E-state index contributed by atoms with van der Waals surface area (Å²) in [6, 6.07) is 10.1. The van der Waals surface area contributed by atoms with E-state index in [0.29, 0.717) is 5.56 Å². The molecule has 1 fully saturated rings. The summed E-state index contributed by atoms with van der Waals surface area (Å²) in [6.07, 6.45) is 4.73. The fourth-order valence-electron chi connectivity index (χ4n) is 2.92. The Morgan fingerprint density at radius 1 is 1.07 bits per heavy atom. The monoisotopic (exact) mass is 415 g/mol. The molecule has 2 N–H and O–H groups in total. The maximum absolute atomic E-state index is 13.3. The lowest BCUT2D eigenvalue weighted by Gasteiger charge is -2.19. The summed E-state index contributed by atoms with van der Waals surface area (Å²) >= 11 is 0. The molecule has 1 aromatic carbocycles. The van der Waals surface area contributed by atoms with Crippen molar-refractivity contribution in [2.45, 2.75) is 48.8 Å². The van der Waals surface area contributed by atoms with Crippen LogP contribution in [0.3, 0.4) is 0 Å². The minimum absolute atomic E-state index is 0.0468. The number of nitrogens with one attached hydrogen (secondary N) is 2. The number of aromatic nitrogens is 1. The predicted octanol–water partition coefficient (Wildman–Crippen LogP) is 2.11. The van der Waals surface area contributed by atoms with Gasteiger partial charge in [-0.25, -0.2) is 8.42 Å². The second-order valence-corrected chi connectivity index (χ2v) is 9.63. The molecule has 2 aromatic rings. The molecule has 7 nitrogen and oxygen atoms in total. The fraction of sp³-hybridized carbons (Fsp3) is 0.381. The lowest BCUT2D eigenvalue weighted by atomic mass is 10.0. The Morgan fingerprint density at radius 2 is 1.76 bits per heavy atom. The third kappa shape index (κ3) is 5.20. The number of nitrogens with zero attached hydrogens (tertiary/aromatic N) is 1. The number of carbonyl (C=O) groups is 2. The van der Waals surface area contributed by atoms with Crippen molar-refractivity contribution < 1.29 is 18.0 Å². The second-order valence-electron chi connectivity index (χ2n) is 7.50. The zero-order chi connectivity index (χ0) is 21.0. The summed E-state index contributed by atoms with van der Waals surface area (Å²) in [6.45, 7) is 3.84. The first-order chi connectivity index (χ1) is 13.8. The summed E-state index contributed by atoms with van der Waals surface area (Å²) in [4.78, 5) is 28.1. The molecular weight excluding hydrogens is 390 g/mol. The van der Waals surface area contributed by atoms with Crippen molar-refractivity contribution in [2.75, 3.05) is 6.54 Å². The Bertz CT molecular complexity index is 969. The van der Waals surface area contributed by atoms with Gasteiger partial charge in [0.25, 0.3) is 0 Å². The van der Waals surface area contributed by atoms with Crippen LogP contribution in [0.4, 0.5) is 0 Å². The standard InChI is InChI=1S/C21H25N3O4S/c1-14(2)15-5-9-18(10-6-15)29(27,28)19(16-4-3-11-22-12-16)13-23-20(25)21(26)24-17-7-8-17/h3-6,9-12,14,17,19H,7-8,13H2,1-2H3,(H,23,25)(H,24,26)/t19-/m1/s1. The van der Waals surface area contributed by atoms with Crippen molar-refractivity contribution in [3.8, 4) is 0 Å². The molecule has 1 atom stereocenters. The highest BCUT2D eigenvalue weighted by atomic mass is 32.2. The molecule has 29 heavy (non-hydrogen) atoms. The Hall–Kier alpha value is -2.74. The van der Waals surface area contributed by atoms with Crippen molar-refractivity contribution in [1.82, 2.24) is 15.6 Å². The van der Waals surface area contributed by atoms with Gasteiger partial charge in [0.05, 0.1) is 4.90 Å². The number of hydrogen-bond donors (Lipinski definition) is 2. The summed E-state index contributed by atoms with van der Waals surface area (Å²) in [7, 11) is -3.82. The van der Waals surface area contributed by atoms with E-state index >= 15 is 0 Å². The molecule has 0 unspecified atom stereocenters. The number of sulfone groups is 1. The molecule has 0 bridgehead atoms. The van der Waals surface area contributed by atoms with Gasteiger partial charge in [-0.1, -0.05) is 32.0 Å². The number of benzene rings is 1. The zero-order valence-electron chi connectivity index (χ0n) is 16.5. The highest BCUT2D eigenvalue weighted by Gasteiger charge is 2.31. The van der Waals surface area contributed by atoms with E-state index in [0.717, 1.165) is 18.4 Å². The molecule has 1 aliphatic carbocycles. The van der Waals surface area contributed by atoms with E-state index in [1.165, 1.54) is 6.20 Å². The molecule has 1 saturated carbocycles. The molecule has 0 spiro atoms. The molecule has 3 rings (SSSR count). The summed E-state index contributed by atoms with van der Waals surface area (Å²) in [5.74, 6) is -1.29. The largest absolute Gasteiger partial charge is 0.346 e. The Kier molecular flexibility index (Phi) is 6.32. The first-order valence-corrected chi connectivity index (χ1v) is 11.2. The number of amides is 2. The average Bonchev–Trinajstić information content (AvgIpc) is 3.52. The van der Waals surface area contributed by atoms with Crippen LogP contribution in [0.5, 0.6) is 0 Å². The van der Waals surface area contributed by atoms with Crippen LogP contribution in [-0.2, 0) is 19.4 Å². The zero-order valence-corrected chi connectivity index (χ0v) is 17.3. The maximum atomic E-state index is 13.3. The second kappa shape index (κ2) is 8.73. The first kappa shape index (κ1) is 21.0. The third-order valence-electron chi connectivity index (χ3n) is 4.87. The lowest BCUT2D eigenvalue weighted by molar-refractivity contribution is -0.139. The van der Waals surface area contributed by atoms with Crippen LogP contribution in [0.25, 0.3) is 0 Å². The summed E-state index contributed by atoms with van der Waals surface area (Å²) in [5.41, 5.74) is 1.48. The molecule has 2 amide bonds. The summed E-state index contributed by atoms with van der Waals surface area (Å²) in [5, 5.41) is 4.00. The molecule has 0 saturated heterocycles. The normalized spacial score (nSPS) is 15.0. The van der Waals surface area contributed by atoms with Gasteiger partial charge < -0.3 is 10.6 Å². The number of carbonyl (C=O) groups excluding carboxylic acids is 2. The van der Waals surface area contributed by atoms with Gasteiger partial charge in [0.15, 0.2) is 9.84 Å².